The molecule has 5 heteroatoms. The summed E-state index contributed by atoms with van der Waals surface area (Å²) in [5, 5.41) is 0. The van der Waals surface area contributed by atoms with Crippen LogP contribution in [0.15, 0.2) is 42.5 Å². The lowest BCUT2D eigenvalue weighted by Crippen LogP contribution is -2.52. The second-order valence-electron chi connectivity index (χ2n) is 7.01. The maximum atomic E-state index is 12.8. The summed E-state index contributed by atoms with van der Waals surface area (Å²) in [6.07, 6.45) is -0.496. The second-order valence-corrected chi connectivity index (χ2v) is 7.01. The molecule has 1 heterocycles. The quantitative estimate of drug-likeness (QED) is 0.811. The van der Waals surface area contributed by atoms with Crippen LogP contribution >= 0.6 is 0 Å². The van der Waals surface area contributed by atoms with Gasteiger partial charge in [0.25, 0.3) is 5.91 Å². The average molecular weight is 368 g/mol. The number of rotatable bonds is 5. The van der Waals surface area contributed by atoms with Crippen LogP contribution in [0, 0.1) is 13.8 Å². The topological polar surface area (TPSA) is 42.0 Å². The van der Waals surface area contributed by atoms with Crippen molar-refractivity contribution in [3.63, 3.8) is 0 Å². The SMILES string of the molecule is COc1ccccc1N1CCN(C(=O)[C@H](C)Oc2ccc(C)cc2C)CC1. The van der Waals surface area contributed by atoms with E-state index in [0.29, 0.717) is 13.1 Å². The lowest BCUT2D eigenvalue weighted by atomic mass is 10.1. The molecule has 2 aromatic rings. The first-order valence-electron chi connectivity index (χ1n) is 9.40. The lowest BCUT2D eigenvalue weighted by molar-refractivity contribution is -0.138. The van der Waals surface area contributed by atoms with Gasteiger partial charge in [0.2, 0.25) is 0 Å². The Labute approximate surface area is 161 Å². The Hall–Kier alpha value is -2.69. The van der Waals surface area contributed by atoms with Crippen LogP contribution in [-0.2, 0) is 4.79 Å². The van der Waals surface area contributed by atoms with Crippen molar-refractivity contribution in [3.8, 4) is 11.5 Å². The first-order valence-corrected chi connectivity index (χ1v) is 9.40. The van der Waals surface area contributed by atoms with Gasteiger partial charge in [-0.1, -0.05) is 29.8 Å². The number of amides is 1. The van der Waals surface area contributed by atoms with Crippen LogP contribution in [0.4, 0.5) is 5.69 Å². The van der Waals surface area contributed by atoms with Crippen molar-refractivity contribution in [1.82, 2.24) is 4.90 Å². The van der Waals surface area contributed by atoms with E-state index in [2.05, 4.69) is 17.0 Å². The van der Waals surface area contributed by atoms with Crippen molar-refractivity contribution >= 4 is 11.6 Å². The summed E-state index contributed by atoms with van der Waals surface area (Å²) in [7, 11) is 1.69. The highest BCUT2D eigenvalue weighted by Crippen LogP contribution is 2.28. The minimum Gasteiger partial charge on any atom is -0.495 e. The van der Waals surface area contributed by atoms with E-state index in [4.69, 9.17) is 9.47 Å². The van der Waals surface area contributed by atoms with Gasteiger partial charge in [-0.3, -0.25) is 4.79 Å². The second kappa shape index (κ2) is 8.33. The van der Waals surface area contributed by atoms with Crippen LogP contribution in [0.5, 0.6) is 11.5 Å². The number of hydrogen-bond acceptors (Lipinski definition) is 4. The Balaban J connectivity index is 1.59. The molecule has 0 aromatic heterocycles. The minimum atomic E-state index is -0.496. The Morgan fingerprint density at radius 2 is 1.70 bits per heavy atom. The number of methoxy groups -OCH3 is 1. The third kappa shape index (κ3) is 4.35. The third-order valence-electron chi connectivity index (χ3n) is 5.00. The highest BCUT2D eigenvalue weighted by atomic mass is 16.5. The van der Waals surface area contributed by atoms with Crippen LogP contribution < -0.4 is 14.4 Å². The van der Waals surface area contributed by atoms with Gasteiger partial charge in [-0.25, -0.2) is 0 Å². The molecule has 1 atom stereocenters. The van der Waals surface area contributed by atoms with Crippen molar-refractivity contribution in [3.05, 3.63) is 53.6 Å². The van der Waals surface area contributed by atoms with E-state index in [0.717, 1.165) is 35.8 Å². The predicted molar refractivity (Wildman–Crippen MR) is 108 cm³/mol. The van der Waals surface area contributed by atoms with Crippen LogP contribution in [-0.4, -0.2) is 50.2 Å². The van der Waals surface area contributed by atoms with Crippen LogP contribution in [0.25, 0.3) is 0 Å². The third-order valence-corrected chi connectivity index (χ3v) is 5.00. The van der Waals surface area contributed by atoms with Gasteiger partial charge >= 0.3 is 0 Å². The molecule has 27 heavy (non-hydrogen) atoms. The van der Waals surface area contributed by atoms with Gasteiger partial charge in [-0.2, -0.15) is 0 Å². The highest BCUT2D eigenvalue weighted by molar-refractivity contribution is 5.81. The predicted octanol–water partition coefficient (Wildman–Crippen LogP) is 3.43. The molecule has 1 amide bonds. The van der Waals surface area contributed by atoms with Crippen molar-refractivity contribution in [2.45, 2.75) is 26.9 Å². The van der Waals surface area contributed by atoms with E-state index < -0.39 is 6.10 Å². The molecular weight excluding hydrogens is 340 g/mol. The number of piperazine rings is 1. The minimum absolute atomic E-state index is 0.0367. The van der Waals surface area contributed by atoms with Crippen LogP contribution in [0.3, 0.4) is 0 Å². The summed E-state index contributed by atoms with van der Waals surface area (Å²) in [5.41, 5.74) is 3.31. The van der Waals surface area contributed by atoms with Gasteiger partial charge < -0.3 is 19.3 Å². The molecule has 0 N–H and O–H groups in total. The average Bonchev–Trinajstić information content (AvgIpc) is 2.69. The van der Waals surface area contributed by atoms with Gasteiger partial charge in [-0.15, -0.1) is 0 Å². The molecule has 0 radical (unpaired) electrons. The number of ether oxygens (including phenoxy) is 2. The van der Waals surface area contributed by atoms with Gasteiger partial charge in [0, 0.05) is 26.2 Å². The summed E-state index contributed by atoms with van der Waals surface area (Å²) in [6.45, 7) is 8.80. The molecule has 5 nitrogen and oxygen atoms in total. The van der Waals surface area contributed by atoms with Crippen molar-refractivity contribution in [2.75, 3.05) is 38.2 Å². The fraction of sp³-hybridized carbons (Fsp3) is 0.409. The van der Waals surface area contributed by atoms with Gasteiger partial charge in [-0.05, 0) is 44.5 Å². The molecule has 1 saturated heterocycles. The number of carbonyl (C=O) groups is 1. The van der Waals surface area contributed by atoms with Gasteiger partial charge in [0.05, 0.1) is 12.8 Å². The Kier molecular flexibility index (Phi) is 5.89. The monoisotopic (exact) mass is 368 g/mol. The Morgan fingerprint density at radius 1 is 1.00 bits per heavy atom. The smallest absolute Gasteiger partial charge is 0.263 e. The van der Waals surface area contributed by atoms with Crippen LogP contribution in [0.1, 0.15) is 18.1 Å². The number of anilines is 1. The van der Waals surface area contributed by atoms with E-state index in [-0.39, 0.29) is 5.91 Å². The lowest BCUT2D eigenvalue weighted by Gasteiger charge is -2.37. The Morgan fingerprint density at radius 3 is 2.37 bits per heavy atom. The van der Waals surface area contributed by atoms with E-state index in [1.807, 2.05) is 56.0 Å². The highest BCUT2D eigenvalue weighted by Gasteiger charge is 2.27. The zero-order chi connectivity index (χ0) is 19.4. The largest absolute Gasteiger partial charge is 0.495 e. The van der Waals surface area contributed by atoms with E-state index in [1.165, 1.54) is 5.56 Å². The number of para-hydroxylation sites is 2. The summed E-state index contributed by atoms with van der Waals surface area (Å²) in [4.78, 5) is 17.0. The summed E-state index contributed by atoms with van der Waals surface area (Å²) in [6, 6.07) is 14.0. The zero-order valence-electron chi connectivity index (χ0n) is 16.6. The van der Waals surface area contributed by atoms with Crippen molar-refractivity contribution in [2.24, 2.45) is 0 Å². The standard InChI is InChI=1S/C22H28N2O3/c1-16-9-10-20(17(2)15-16)27-18(3)22(25)24-13-11-23(12-14-24)19-7-5-6-8-21(19)26-4/h5-10,15,18H,11-14H2,1-4H3/t18-/m0/s1. The van der Waals surface area contributed by atoms with Crippen molar-refractivity contribution in [1.29, 1.82) is 0 Å². The number of aryl methyl sites for hydroxylation is 2. The molecule has 1 fully saturated rings. The first-order chi connectivity index (χ1) is 13.0. The molecule has 0 spiro atoms. The number of nitrogens with zero attached hydrogens (tertiary/aromatic N) is 2. The maximum absolute atomic E-state index is 12.8. The first kappa shape index (κ1) is 19.1. The fourth-order valence-electron chi connectivity index (χ4n) is 3.49. The fourth-order valence-corrected chi connectivity index (χ4v) is 3.49. The molecule has 0 saturated carbocycles. The summed E-state index contributed by atoms with van der Waals surface area (Å²) < 4.78 is 11.4. The molecule has 3 rings (SSSR count). The molecule has 144 valence electrons. The molecule has 0 unspecified atom stereocenters. The van der Waals surface area contributed by atoms with E-state index in [1.54, 1.807) is 7.11 Å². The molecule has 1 aliphatic rings. The van der Waals surface area contributed by atoms with Gasteiger partial charge in [0.15, 0.2) is 6.10 Å². The summed E-state index contributed by atoms with van der Waals surface area (Å²) >= 11 is 0. The molecule has 0 aliphatic carbocycles. The van der Waals surface area contributed by atoms with Gasteiger partial charge in [0.1, 0.15) is 11.5 Å². The number of carbonyl (C=O) groups excluding carboxylic acids is 1. The van der Waals surface area contributed by atoms with E-state index >= 15 is 0 Å². The number of hydrogen-bond donors (Lipinski definition) is 0. The molecular formula is C22H28N2O3. The summed E-state index contributed by atoms with van der Waals surface area (Å²) in [5.74, 6) is 1.67. The zero-order valence-corrected chi connectivity index (χ0v) is 16.6. The normalized spacial score (nSPS) is 15.4. The van der Waals surface area contributed by atoms with E-state index in [9.17, 15) is 4.79 Å². The molecule has 2 aromatic carbocycles. The Bertz CT molecular complexity index is 798. The van der Waals surface area contributed by atoms with Crippen LogP contribution in [0.2, 0.25) is 0 Å². The molecule has 1 aliphatic heterocycles. The maximum Gasteiger partial charge on any atom is 0.263 e. The number of benzene rings is 2. The molecule has 0 bridgehead atoms. The van der Waals surface area contributed by atoms with Crippen molar-refractivity contribution < 1.29 is 14.3 Å².